The van der Waals surface area contributed by atoms with Crippen LogP contribution in [0.1, 0.15) is 24.0 Å². The van der Waals surface area contributed by atoms with Crippen LogP contribution in [-0.4, -0.2) is 42.4 Å². The van der Waals surface area contributed by atoms with Gasteiger partial charge in [-0.2, -0.15) is 0 Å². The largest absolute Gasteiger partial charge is 0.457 e. The molecule has 1 atom stereocenters. The first-order chi connectivity index (χ1) is 19.2. The molecule has 210 valence electrons. The van der Waals surface area contributed by atoms with Gasteiger partial charge in [0, 0.05) is 48.0 Å². The van der Waals surface area contributed by atoms with E-state index in [2.05, 4.69) is 31.9 Å². The van der Waals surface area contributed by atoms with Gasteiger partial charge in [0.1, 0.15) is 11.5 Å². The topological polar surface area (TPSA) is 99.8 Å². The minimum Gasteiger partial charge on any atom is -0.457 e. The molecule has 0 radical (unpaired) electrons. The van der Waals surface area contributed by atoms with Gasteiger partial charge in [-0.1, -0.05) is 62.9 Å². The number of nitrogens with zero attached hydrogens (tertiary/aromatic N) is 1. The van der Waals surface area contributed by atoms with Crippen molar-refractivity contribution in [2.75, 3.05) is 25.0 Å². The summed E-state index contributed by atoms with van der Waals surface area (Å²) in [5.74, 6) is -0.274. The van der Waals surface area contributed by atoms with Gasteiger partial charge in [-0.15, -0.1) is 0 Å². The van der Waals surface area contributed by atoms with Gasteiger partial charge in [-0.05, 0) is 62.1 Å². The van der Waals surface area contributed by atoms with Gasteiger partial charge in [-0.3, -0.25) is 9.59 Å². The number of hydrogen-bond donors (Lipinski definition) is 3. The van der Waals surface area contributed by atoms with Crippen LogP contribution in [-0.2, 0) is 16.1 Å². The minimum absolute atomic E-state index is 0.0481. The Kier molecular flexibility index (Phi) is 10.3. The number of anilines is 1. The molecule has 3 aromatic rings. The summed E-state index contributed by atoms with van der Waals surface area (Å²) in [6, 6.07) is 17.5. The average Bonchev–Trinajstić information content (AvgIpc) is 2.94. The molecule has 11 heteroatoms. The van der Waals surface area contributed by atoms with Crippen molar-refractivity contribution in [3.63, 3.8) is 0 Å². The van der Waals surface area contributed by atoms with Crippen LogP contribution in [0.2, 0.25) is 10.0 Å². The Morgan fingerprint density at radius 3 is 2.52 bits per heavy atom. The standard InChI is InChI=1S/C29H29BrCl2N4O4/c1-18-4-8-22(9-5-18)35-29(39)34-15-19-3-2-12-36(17-19)28(38)27(37)33-16-20-6-7-21(30)13-26(20)40-23-10-11-24(31)25(32)14-23/h4-11,13-14,19H,2-3,12,15-17H2,1H3,(H,33,37)(H2,34,35,39). The van der Waals surface area contributed by atoms with E-state index in [0.29, 0.717) is 52.4 Å². The van der Waals surface area contributed by atoms with Crippen molar-refractivity contribution >= 4 is 62.7 Å². The number of piperidine rings is 1. The van der Waals surface area contributed by atoms with Crippen molar-refractivity contribution in [1.29, 1.82) is 0 Å². The lowest BCUT2D eigenvalue weighted by Crippen LogP contribution is -2.49. The molecule has 40 heavy (non-hydrogen) atoms. The van der Waals surface area contributed by atoms with E-state index in [9.17, 15) is 14.4 Å². The number of hydrogen-bond acceptors (Lipinski definition) is 4. The van der Waals surface area contributed by atoms with Crippen molar-refractivity contribution in [2.45, 2.75) is 26.3 Å². The molecular formula is C29H29BrCl2N4O4. The van der Waals surface area contributed by atoms with Gasteiger partial charge >= 0.3 is 17.8 Å². The molecule has 1 aliphatic heterocycles. The molecule has 1 unspecified atom stereocenters. The molecule has 1 fully saturated rings. The number of aryl methyl sites for hydroxylation is 1. The van der Waals surface area contributed by atoms with Crippen molar-refractivity contribution < 1.29 is 19.1 Å². The first kappa shape index (κ1) is 29.7. The molecule has 8 nitrogen and oxygen atoms in total. The Labute approximate surface area is 251 Å². The fourth-order valence-corrected chi connectivity index (χ4v) is 4.92. The molecule has 1 heterocycles. The third-order valence-electron chi connectivity index (χ3n) is 6.45. The third kappa shape index (κ3) is 8.36. The quantitative estimate of drug-likeness (QED) is 0.254. The maximum absolute atomic E-state index is 12.9. The molecule has 0 aromatic heterocycles. The second kappa shape index (κ2) is 13.9. The molecule has 0 saturated carbocycles. The highest BCUT2D eigenvalue weighted by Crippen LogP contribution is 2.32. The summed E-state index contributed by atoms with van der Waals surface area (Å²) < 4.78 is 6.77. The van der Waals surface area contributed by atoms with Gasteiger partial charge < -0.3 is 25.6 Å². The summed E-state index contributed by atoms with van der Waals surface area (Å²) in [6.45, 7) is 3.35. The van der Waals surface area contributed by atoms with Crippen molar-refractivity contribution in [1.82, 2.24) is 15.5 Å². The van der Waals surface area contributed by atoms with Crippen LogP contribution >= 0.6 is 39.1 Å². The SMILES string of the molecule is Cc1ccc(NC(=O)NCC2CCCN(C(=O)C(=O)NCc3ccc(Br)cc3Oc3ccc(Cl)c(Cl)c3)C2)cc1. The van der Waals surface area contributed by atoms with E-state index in [4.69, 9.17) is 27.9 Å². The van der Waals surface area contributed by atoms with Crippen molar-refractivity contribution in [3.05, 3.63) is 86.3 Å². The smallest absolute Gasteiger partial charge is 0.319 e. The zero-order valence-corrected chi connectivity index (χ0v) is 24.9. The molecule has 1 saturated heterocycles. The first-order valence-electron chi connectivity index (χ1n) is 12.8. The first-order valence-corrected chi connectivity index (χ1v) is 14.3. The Hall–Kier alpha value is -3.27. The molecule has 3 N–H and O–H groups in total. The highest BCUT2D eigenvalue weighted by molar-refractivity contribution is 9.10. The van der Waals surface area contributed by atoms with Crippen molar-refractivity contribution in [3.8, 4) is 11.5 Å². The summed E-state index contributed by atoms with van der Waals surface area (Å²) in [5, 5.41) is 9.14. The maximum atomic E-state index is 12.9. The monoisotopic (exact) mass is 646 g/mol. The van der Waals surface area contributed by atoms with Crippen LogP contribution < -0.4 is 20.7 Å². The second-order valence-electron chi connectivity index (χ2n) is 9.57. The van der Waals surface area contributed by atoms with Crippen LogP contribution in [0.4, 0.5) is 10.5 Å². The lowest BCUT2D eigenvalue weighted by molar-refractivity contribution is -0.147. The van der Waals surface area contributed by atoms with Crippen LogP contribution in [0.25, 0.3) is 0 Å². The molecule has 4 amide bonds. The number of likely N-dealkylation sites (tertiary alicyclic amines) is 1. The number of carbonyl (C=O) groups excluding carboxylic acids is 3. The van der Waals surface area contributed by atoms with Crippen LogP contribution in [0.5, 0.6) is 11.5 Å². The predicted octanol–water partition coefficient (Wildman–Crippen LogP) is 6.53. The Balaban J connectivity index is 1.28. The highest BCUT2D eigenvalue weighted by atomic mass is 79.9. The number of benzene rings is 3. The molecule has 1 aliphatic rings. The molecule has 0 bridgehead atoms. The zero-order chi connectivity index (χ0) is 28.6. The lowest BCUT2D eigenvalue weighted by Gasteiger charge is -2.32. The molecule has 0 aliphatic carbocycles. The van der Waals surface area contributed by atoms with Gasteiger partial charge in [0.15, 0.2) is 0 Å². The van der Waals surface area contributed by atoms with Gasteiger partial charge in [0.2, 0.25) is 0 Å². The van der Waals surface area contributed by atoms with E-state index in [-0.39, 0.29) is 18.5 Å². The van der Waals surface area contributed by atoms with E-state index >= 15 is 0 Å². The second-order valence-corrected chi connectivity index (χ2v) is 11.3. The summed E-state index contributed by atoms with van der Waals surface area (Å²) in [7, 11) is 0. The van der Waals surface area contributed by atoms with Crippen LogP contribution in [0.15, 0.2) is 65.1 Å². The van der Waals surface area contributed by atoms with Crippen LogP contribution in [0, 0.1) is 12.8 Å². The Morgan fingerprint density at radius 1 is 1.00 bits per heavy atom. The number of amides is 4. The highest BCUT2D eigenvalue weighted by Gasteiger charge is 2.28. The average molecular weight is 648 g/mol. The van der Waals surface area contributed by atoms with Gasteiger partial charge in [0.05, 0.1) is 10.0 Å². The summed E-state index contributed by atoms with van der Waals surface area (Å²) in [4.78, 5) is 39.5. The number of nitrogens with one attached hydrogen (secondary N) is 3. The molecular weight excluding hydrogens is 619 g/mol. The number of halogens is 3. The fourth-order valence-electron chi connectivity index (χ4n) is 4.30. The Morgan fingerprint density at radius 2 is 1.77 bits per heavy atom. The summed E-state index contributed by atoms with van der Waals surface area (Å²) in [6.07, 6.45) is 1.60. The Bertz CT molecular complexity index is 1390. The number of rotatable bonds is 7. The predicted molar refractivity (Wildman–Crippen MR) is 160 cm³/mol. The molecule has 0 spiro atoms. The van der Waals surface area contributed by atoms with Crippen LogP contribution in [0.3, 0.4) is 0 Å². The number of urea groups is 1. The summed E-state index contributed by atoms with van der Waals surface area (Å²) in [5.41, 5.74) is 2.49. The van der Waals surface area contributed by atoms with Gasteiger partial charge in [0.25, 0.3) is 0 Å². The van der Waals surface area contributed by atoms with E-state index in [1.807, 2.05) is 37.3 Å². The minimum atomic E-state index is -0.700. The van der Waals surface area contributed by atoms with E-state index in [1.54, 1.807) is 30.3 Å². The molecule has 4 rings (SSSR count). The third-order valence-corrected chi connectivity index (χ3v) is 7.68. The number of carbonyl (C=O) groups is 3. The fraction of sp³-hybridized carbons (Fsp3) is 0.276. The normalized spacial score (nSPS) is 14.8. The van der Waals surface area contributed by atoms with Gasteiger partial charge in [-0.25, -0.2) is 4.79 Å². The van der Waals surface area contributed by atoms with E-state index in [0.717, 1.165) is 22.9 Å². The number of ether oxygens (including phenoxy) is 1. The molecule has 3 aromatic carbocycles. The van der Waals surface area contributed by atoms with E-state index in [1.165, 1.54) is 4.90 Å². The lowest BCUT2D eigenvalue weighted by atomic mass is 9.98. The maximum Gasteiger partial charge on any atom is 0.319 e. The van der Waals surface area contributed by atoms with Crippen molar-refractivity contribution in [2.24, 2.45) is 5.92 Å². The zero-order valence-electron chi connectivity index (χ0n) is 21.8. The summed E-state index contributed by atoms with van der Waals surface area (Å²) >= 11 is 15.5. The van der Waals surface area contributed by atoms with E-state index < -0.39 is 11.8 Å².